The molecule has 0 heterocycles. The molecule has 3 N–H and O–H groups in total. The third kappa shape index (κ3) is 4.48. The third-order valence-electron chi connectivity index (χ3n) is 3.14. The van der Waals surface area contributed by atoms with Crippen LogP contribution < -0.4 is 15.2 Å². The molecule has 0 aliphatic carbocycles. The van der Waals surface area contributed by atoms with Gasteiger partial charge >= 0.3 is 0 Å². The highest BCUT2D eigenvalue weighted by atomic mass is 16.5. The SMILES string of the molecule is NCc1ccccc1OCCOc1ccccc1CCO. The molecule has 0 atom stereocenters. The maximum atomic E-state index is 9.03. The van der Waals surface area contributed by atoms with Crippen molar-refractivity contribution in [2.24, 2.45) is 5.73 Å². The van der Waals surface area contributed by atoms with Crippen LogP contribution in [-0.2, 0) is 13.0 Å². The number of aliphatic hydroxyl groups excluding tert-OH is 1. The summed E-state index contributed by atoms with van der Waals surface area (Å²) < 4.78 is 11.4. The minimum atomic E-state index is 0.112. The van der Waals surface area contributed by atoms with Crippen molar-refractivity contribution in [2.45, 2.75) is 13.0 Å². The van der Waals surface area contributed by atoms with E-state index in [1.807, 2.05) is 48.5 Å². The molecule has 4 heteroatoms. The summed E-state index contributed by atoms with van der Waals surface area (Å²) in [7, 11) is 0. The molecule has 0 saturated carbocycles. The Morgan fingerprint density at radius 2 is 1.33 bits per heavy atom. The van der Waals surface area contributed by atoms with E-state index in [0.717, 1.165) is 22.6 Å². The first kappa shape index (κ1) is 15.4. The highest BCUT2D eigenvalue weighted by Crippen LogP contribution is 2.19. The Hall–Kier alpha value is -2.04. The summed E-state index contributed by atoms with van der Waals surface area (Å²) in [6, 6.07) is 15.4. The van der Waals surface area contributed by atoms with E-state index in [1.165, 1.54) is 0 Å². The van der Waals surface area contributed by atoms with Gasteiger partial charge < -0.3 is 20.3 Å². The van der Waals surface area contributed by atoms with Crippen LogP contribution in [0.3, 0.4) is 0 Å². The van der Waals surface area contributed by atoms with Gasteiger partial charge in [0.05, 0.1) is 0 Å². The van der Waals surface area contributed by atoms with Crippen LogP contribution in [0.15, 0.2) is 48.5 Å². The fourth-order valence-corrected chi connectivity index (χ4v) is 2.09. The predicted octanol–water partition coefficient (Wildman–Crippen LogP) is 2.14. The average Bonchev–Trinajstić information content (AvgIpc) is 2.53. The van der Waals surface area contributed by atoms with Crippen LogP contribution in [-0.4, -0.2) is 24.9 Å². The Bertz CT molecular complexity index is 557. The van der Waals surface area contributed by atoms with E-state index in [4.69, 9.17) is 20.3 Å². The summed E-state index contributed by atoms with van der Waals surface area (Å²) in [4.78, 5) is 0. The van der Waals surface area contributed by atoms with Gasteiger partial charge in [-0.3, -0.25) is 0 Å². The summed E-state index contributed by atoms with van der Waals surface area (Å²) in [5.41, 5.74) is 7.65. The molecule has 0 aliphatic rings. The number of benzene rings is 2. The molecule has 112 valence electrons. The summed E-state index contributed by atoms with van der Waals surface area (Å²) in [5, 5.41) is 9.03. The molecule has 0 aromatic heterocycles. The van der Waals surface area contributed by atoms with E-state index < -0.39 is 0 Å². The molecule has 0 bridgehead atoms. The van der Waals surface area contributed by atoms with Crippen molar-refractivity contribution < 1.29 is 14.6 Å². The second-order valence-corrected chi connectivity index (χ2v) is 4.59. The highest BCUT2D eigenvalue weighted by molar-refractivity contribution is 5.34. The van der Waals surface area contributed by atoms with Gasteiger partial charge in [0.2, 0.25) is 0 Å². The predicted molar refractivity (Wildman–Crippen MR) is 82.6 cm³/mol. The van der Waals surface area contributed by atoms with Gasteiger partial charge in [-0.15, -0.1) is 0 Å². The summed E-state index contributed by atoms with van der Waals surface area (Å²) in [6.07, 6.45) is 0.590. The second-order valence-electron chi connectivity index (χ2n) is 4.59. The standard InChI is InChI=1S/C17H21NO3/c18-13-15-6-2-4-8-17(15)21-12-11-20-16-7-3-1-5-14(16)9-10-19/h1-8,19H,9-13,18H2. The fraction of sp³-hybridized carbons (Fsp3) is 0.294. The number of aliphatic hydroxyl groups is 1. The fourth-order valence-electron chi connectivity index (χ4n) is 2.09. The monoisotopic (exact) mass is 287 g/mol. The second kappa shape index (κ2) is 8.29. The van der Waals surface area contributed by atoms with Crippen molar-refractivity contribution in [1.29, 1.82) is 0 Å². The summed E-state index contributed by atoms with van der Waals surface area (Å²) in [6.45, 7) is 1.46. The summed E-state index contributed by atoms with van der Waals surface area (Å²) in [5.74, 6) is 1.59. The van der Waals surface area contributed by atoms with E-state index in [-0.39, 0.29) is 6.61 Å². The number of para-hydroxylation sites is 2. The zero-order chi connectivity index (χ0) is 14.9. The normalized spacial score (nSPS) is 10.4. The molecule has 21 heavy (non-hydrogen) atoms. The molecule has 0 fully saturated rings. The topological polar surface area (TPSA) is 64.7 Å². The lowest BCUT2D eigenvalue weighted by Gasteiger charge is -2.13. The Morgan fingerprint density at radius 1 is 0.810 bits per heavy atom. The Kier molecular flexibility index (Phi) is 6.06. The van der Waals surface area contributed by atoms with Gasteiger partial charge in [-0.25, -0.2) is 0 Å². The van der Waals surface area contributed by atoms with Crippen LogP contribution >= 0.6 is 0 Å². The molecule has 0 radical (unpaired) electrons. The smallest absolute Gasteiger partial charge is 0.123 e. The number of nitrogens with two attached hydrogens (primary N) is 1. The van der Waals surface area contributed by atoms with E-state index in [1.54, 1.807) is 0 Å². The van der Waals surface area contributed by atoms with Crippen LogP contribution in [0.1, 0.15) is 11.1 Å². The van der Waals surface area contributed by atoms with Crippen molar-refractivity contribution in [3.05, 3.63) is 59.7 Å². The summed E-state index contributed by atoms with van der Waals surface area (Å²) >= 11 is 0. The van der Waals surface area contributed by atoms with Gasteiger partial charge in [0.25, 0.3) is 0 Å². The first-order valence-corrected chi connectivity index (χ1v) is 7.07. The van der Waals surface area contributed by atoms with Crippen molar-refractivity contribution in [1.82, 2.24) is 0 Å². The molecule has 0 saturated heterocycles. The van der Waals surface area contributed by atoms with Crippen LogP contribution in [0.2, 0.25) is 0 Å². The van der Waals surface area contributed by atoms with Crippen molar-refractivity contribution in [3.8, 4) is 11.5 Å². The lowest BCUT2D eigenvalue weighted by molar-refractivity contribution is 0.213. The van der Waals surface area contributed by atoms with E-state index >= 15 is 0 Å². The molecule has 0 aliphatic heterocycles. The Labute approximate surface area is 125 Å². The lowest BCUT2D eigenvalue weighted by Crippen LogP contribution is -2.11. The molecular weight excluding hydrogens is 266 g/mol. The van der Waals surface area contributed by atoms with Crippen LogP contribution in [0.5, 0.6) is 11.5 Å². The molecule has 0 spiro atoms. The largest absolute Gasteiger partial charge is 0.490 e. The molecule has 2 aromatic carbocycles. The Balaban J connectivity index is 1.85. The number of hydrogen-bond acceptors (Lipinski definition) is 4. The van der Waals surface area contributed by atoms with Gasteiger partial charge in [-0.05, 0) is 24.1 Å². The molecule has 2 aromatic rings. The molecule has 2 rings (SSSR count). The molecule has 0 amide bonds. The maximum absolute atomic E-state index is 9.03. The van der Waals surface area contributed by atoms with Crippen molar-refractivity contribution in [2.75, 3.05) is 19.8 Å². The zero-order valence-electron chi connectivity index (χ0n) is 12.0. The van der Waals surface area contributed by atoms with Crippen LogP contribution in [0.4, 0.5) is 0 Å². The first-order chi connectivity index (χ1) is 10.3. The van der Waals surface area contributed by atoms with Gasteiger partial charge in [-0.2, -0.15) is 0 Å². The van der Waals surface area contributed by atoms with E-state index in [0.29, 0.717) is 26.2 Å². The van der Waals surface area contributed by atoms with Crippen molar-refractivity contribution in [3.63, 3.8) is 0 Å². The first-order valence-electron chi connectivity index (χ1n) is 7.07. The van der Waals surface area contributed by atoms with Gasteiger partial charge in [0.1, 0.15) is 24.7 Å². The molecule has 4 nitrogen and oxygen atoms in total. The van der Waals surface area contributed by atoms with E-state index in [2.05, 4.69) is 0 Å². The average molecular weight is 287 g/mol. The quantitative estimate of drug-likeness (QED) is 0.730. The minimum Gasteiger partial charge on any atom is -0.490 e. The zero-order valence-corrected chi connectivity index (χ0v) is 12.0. The van der Waals surface area contributed by atoms with E-state index in [9.17, 15) is 0 Å². The van der Waals surface area contributed by atoms with Gasteiger partial charge in [0, 0.05) is 18.7 Å². The Morgan fingerprint density at radius 3 is 1.90 bits per heavy atom. The van der Waals surface area contributed by atoms with Crippen LogP contribution in [0, 0.1) is 0 Å². The molecule has 0 unspecified atom stereocenters. The number of rotatable bonds is 8. The highest BCUT2D eigenvalue weighted by Gasteiger charge is 2.03. The van der Waals surface area contributed by atoms with Gasteiger partial charge in [0.15, 0.2) is 0 Å². The minimum absolute atomic E-state index is 0.112. The van der Waals surface area contributed by atoms with Crippen molar-refractivity contribution >= 4 is 0 Å². The lowest BCUT2D eigenvalue weighted by atomic mass is 10.1. The van der Waals surface area contributed by atoms with Gasteiger partial charge in [-0.1, -0.05) is 36.4 Å². The third-order valence-corrected chi connectivity index (χ3v) is 3.14. The number of hydrogen-bond donors (Lipinski definition) is 2. The maximum Gasteiger partial charge on any atom is 0.123 e. The van der Waals surface area contributed by atoms with Crippen LogP contribution in [0.25, 0.3) is 0 Å². The number of ether oxygens (including phenoxy) is 2. The molecular formula is C17H21NO3.